The Bertz CT molecular complexity index is 654. The van der Waals surface area contributed by atoms with Crippen molar-refractivity contribution in [1.29, 1.82) is 0 Å². The monoisotopic (exact) mass is 352 g/mol. The van der Waals surface area contributed by atoms with Crippen LogP contribution in [-0.2, 0) is 11.2 Å². The van der Waals surface area contributed by atoms with Crippen molar-refractivity contribution in [3.05, 3.63) is 30.2 Å². The van der Waals surface area contributed by atoms with Crippen LogP contribution >= 0.6 is 12.4 Å². The molecule has 0 spiro atoms. The molecule has 0 atom stereocenters. The summed E-state index contributed by atoms with van der Waals surface area (Å²) in [5.74, 6) is 1.92. The maximum absolute atomic E-state index is 12.1. The average Bonchev–Trinajstić information content (AvgIpc) is 3.09. The number of methoxy groups -OCH3 is 1. The van der Waals surface area contributed by atoms with Gasteiger partial charge in [-0.15, -0.1) is 12.4 Å². The van der Waals surface area contributed by atoms with Gasteiger partial charge in [-0.2, -0.15) is 4.98 Å². The molecule has 0 unspecified atom stereocenters. The lowest BCUT2D eigenvalue weighted by atomic mass is 10.2. The molecular weight excluding hydrogens is 332 g/mol. The van der Waals surface area contributed by atoms with Crippen LogP contribution in [0.2, 0.25) is 0 Å². The standard InChI is InChI=1S/C16H20N4O3.ClH/c1-22-13-4-2-12(3-5-13)16-18-14(23-19-16)6-7-15(21)20-10-8-17-9-11-20;/h2-5,17H,6-11H2,1H3;1H. The van der Waals surface area contributed by atoms with Crippen molar-refractivity contribution < 1.29 is 14.1 Å². The van der Waals surface area contributed by atoms with Crippen molar-refractivity contribution in [2.45, 2.75) is 12.8 Å². The van der Waals surface area contributed by atoms with Crippen molar-refractivity contribution >= 4 is 18.3 Å². The van der Waals surface area contributed by atoms with Gasteiger partial charge < -0.3 is 19.5 Å². The minimum atomic E-state index is 0. The number of benzene rings is 1. The first kappa shape index (κ1) is 18.2. The van der Waals surface area contributed by atoms with Crippen LogP contribution in [0, 0.1) is 0 Å². The first-order valence-electron chi connectivity index (χ1n) is 7.72. The lowest BCUT2D eigenvalue weighted by Crippen LogP contribution is -2.46. The Morgan fingerprint density at radius 1 is 1.29 bits per heavy atom. The molecule has 2 aromatic rings. The van der Waals surface area contributed by atoms with Gasteiger partial charge in [0.1, 0.15) is 5.75 Å². The fourth-order valence-corrected chi connectivity index (χ4v) is 2.50. The lowest BCUT2D eigenvalue weighted by molar-refractivity contribution is -0.131. The van der Waals surface area contributed by atoms with Gasteiger partial charge in [0, 0.05) is 44.6 Å². The fraction of sp³-hybridized carbons (Fsp3) is 0.438. The summed E-state index contributed by atoms with van der Waals surface area (Å²) < 4.78 is 10.4. The molecule has 1 aromatic carbocycles. The number of aromatic nitrogens is 2. The highest BCUT2D eigenvalue weighted by Gasteiger charge is 2.17. The predicted molar refractivity (Wildman–Crippen MR) is 91.3 cm³/mol. The van der Waals surface area contributed by atoms with E-state index in [1.165, 1.54) is 0 Å². The van der Waals surface area contributed by atoms with Crippen LogP contribution in [-0.4, -0.2) is 54.2 Å². The molecule has 1 saturated heterocycles. The van der Waals surface area contributed by atoms with E-state index in [2.05, 4.69) is 15.5 Å². The molecule has 1 aliphatic rings. The summed E-state index contributed by atoms with van der Waals surface area (Å²) >= 11 is 0. The molecule has 1 aromatic heterocycles. The number of carbonyl (C=O) groups excluding carboxylic acids is 1. The van der Waals surface area contributed by atoms with Gasteiger partial charge in [-0.25, -0.2) is 0 Å². The second kappa shape index (κ2) is 8.65. The van der Waals surface area contributed by atoms with E-state index < -0.39 is 0 Å². The van der Waals surface area contributed by atoms with E-state index in [4.69, 9.17) is 9.26 Å². The molecule has 0 radical (unpaired) electrons. The number of hydrogen-bond donors (Lipinski definition) is 1. The molecule has 2 heterocycles. The number of piperazine rings is 1. The van der Waals surface area contributed by atoms with Gasteiger partial charge in [0.25, 0.3) is 0 Å². The van der Waals surface area contributed by atoms with Crippen LogP contribution in [0.5, 0.6) is 5.75 Å². The van der Waals surface area contributed by atoms with Gasteiger partial charge >= 0.3 is 0 Å². The van der Waals surface area contributed by atoms with Crippen LogP contribution in [0.15, 0.2) is 28.8 Å². The molecular formula is C16H21ClN4O3. The van der Waals surface area contributed by atoms with Gasteiger partial charge in [-0.1, -0.05) is 5.16 Å². The smallest absolute Gasteiger partial charge is 0.227 e. The van der Waals surface area contributed by atoms with Crippen molar-refractivity contribution in [3.63, 3.8) is 0 Å². The summed E-state index contributed by atoms with van der Waals surface area (Å²) in [4.78, 5) is 18.3. The molecule has 1 N–H and O–H groups in total. The Morgan fingerprint density at radius 2 is 2.00 bits per heavy atom. The number of carbonyl (C=O) groups is 1. The van der Waals surface area contributed by atoms with Crippen molar-refractivity contribution in [2.75, 3.05) is 33.3 Å². The number of aryl methyl sites for hydroxylation is 1. The zero-order valence-electron chi connectivity index (χ0n) is 13.5. The number of hydrogen-bond acceptors (Lipinski definition) is 6. The van der Waals surface area contributed by atoms with E-state index in [1.54, 1.807) is 7.11 Å². The Kier molecular flexibility index (Phi) is 6.57. The Labute approximate surface area is 146 Å². The molecule has 0 aliphatic carbocycles. The maximum Gasteiger partial charge on any atom is 0.227 e. The van der Waals surface area contributed by atoms with Crippen molar-refractivity contribution in [1.82, 2.24) is 20.4 Å². The maximum atomic E-state index is 12.1. The molecule has 3 rings (SSSR count). The third-order valence-corrected chi connectivity index (χ3v) is 3.84. The molecule has 24 heavy (non-hydrogen) atoms. The molecule has 0 bridgehead atoms. The lowest BCUT2D eigenvalue weighted by Gasteiger charge is -2.27. The normalized spacial score (nSPS) is 14.1. The number of amides is 1. The van der Waals surface area contributed by atoms with E-state index in [9.17, 15) is 4.79 Å². The topological polar surface area (TPSA) is 80.5 Å². The highest BCUT2D eigenvalue weighted by atomic mass is 35.5. The van der Waals surface area contributed by atoms with Gasteiger partial charge in [0.2, 0.25) is 17.6 Å². The molecule has 7 nitrogen and oxygen atoms in total. The zero-order valence-corrected chi connectivity index (χ0v) is 14.3. The second-order valence-corrected chi connectivity index (χ2v) is 5.37. The fourth-order valence-electron chi connectivity index (χ4n) is 2.50. The number of ether oxygens (including phenoxy) is 1. The Hall–Kier alpha value is -2.12. The highest BCUT2D eigenvalue weighted by molar-refractivity contribution is 5.85. The largest absolute Gasteiger partial charge is 0.497 e. The summed E-state index contributed by atoms with van der Waals surface area (Å²) in [6, 6.07) is 7.44. The Morgan fingerprint density at radius 3 is 2.67 bits per heavy atom. The number of nitrogens with zero attached hydrogens (tertiary/aromatic N) is 3. The van der Waals surface area contributed by atoms with E-state index >= 15 is 0 Å². The quantitative estimate of drug-likeness (QED) is 0.879. The molecule has 1 fully saturated rings. The van der Waals surface area contributed by atoms with E-state index in [1.807, 2.05) is 29.2 Å². The summed E-state index contributed by atoms with van der Waals surface area (Å²) in [6.45, 7) is 3.24. The molecule has 8 heteroatoms. The van der Waals surface area contributed by atoms with Crippen molar-refractivity contribution in [3.8, 4) is 17.1 Å². The van der Waals surface area contributed by atoms with Crippen LogP contribution in [0.25, 0.3) is 11.4 Å². The molecule has 0 saturated carbocycles. The van der Waals surface area contributed by atoms with Gasteiger partial charge in [-0.3, -0.25) is 4.79 Å². The van der Waals surface area contributed by atoms with Crippen LogP contribution in [0.3, 0.4) is 0 Å². The van der Waals surface area contributed by atoms with Crippen LogP contribution in [0.1, 0.15) is 12.3 Å². The average molecular weight is 353 g/mol. The molecule has 1 amide bonds. The Balaban J connectivity index is 0.00000208. The third kappa shape index (κ3) is 4.46. The van der Waals surface area contributed by atoms with Gasteiger partial charge in [-0.05, 0) is 24.3 Å². The van der Waals surface area contributed by atoms with E-state index in [-0.39, 0.29) is 18.3 Å². The molecule has 1 aliphatic heterocycles. The van der Waals surface area contributed by atoms with E-state index in [0.29, 0.717) is 24.6 Å². The van der Waals surface area contributed by atoms with E-state index in [0.717, 1.165) is 37.5 Å². The minimum absolute atomic E-state index is 0. The van der Waals surface area contributed by atoms with Crippen LogP contribution in [0.4, 0.5) is 0 Å². The zero-order chi connectivity index (χ0) is 16.1. The number of rotatable bonds is 5. The SMILES string of the molecule is COc1ccc(-c2noc(CCC(=O)N3CCNCC3)n2)cc1.Cl. The summed E-state index contributed by atoms with van der Waals surface area (Å²) in [7, 11) is 1.62. The first-order chi connectivity index (χ1) is 11.3. The third-order valence-electron chi connectivity index (χ3n) is 3.84. The number of nitrogens with one attached hydrogen (secondary N) is 1. The molecule has 130 valence electrons. The van der Waals surface area contributed by atoms with Crippen molar-refractivity contribution in [2.24, 2.45) is 0 Å². The summed E-state index contributed by atoms with van der Waals surface area (Å²) in [5.41, 5.74) is 0.856. The number of halogens is 1. The highest BCUT2D eigenvalue weighted by Crippen LogP contribution is 2.20. The summed E-state index contributed by atoms with van der Waals surface area (Å²) in [5, 5.41) is 7.20. The van der Waals surface area contributed by atoms with Gasteiger partial charge in [0.05, 0.1) is 7.11 Å². The van der Waals surface area contributed by atoms with Gasteiger partial charge in [0.15, 0.2) is 0 Å². The van der Waals surface area contributed by atoms with Crippen LogP contribution < -0.4 is 10.1 Å². The summed E-state index contributed by atoms with van der Waals surface area (Å²) in [6.07, 6.45) is 0.857. The second-order valence-electron chi connectivity index (χ2n) is 5.37. The minimum Gasteiger partial charge on any atom is -0.497 e. The predicted octanol–water partition coefficient (Wildman–Crippen LogP) is 1.53. The first-order valence-corrected chi connectivity index (χ1v) is 7.72.